The molecule has 1 N–H and O–H groups in total. The first-order chi connectivity index (χ1) is 8.50. The summed E-state index contributed by atoms with van der Waals surface area (Å²) in [6.45, 7) is 0.608. The van der Waals surface area contributed by atoms with E-state index in [1.165, 1.54) is 0 Å². The van der Waals surface area contributed by atoms with Crippen LogP contribution in [0.5, 0.6) is 0 Å². The standard InChI is InChI=1S/C11H13F2NO3S/c12-9-4-1-5-10(13)11(9)18(15,16)14-7-8-3-2-6-17-8/h1,4-5,8,14H,2-3,6-7H2/t8-/m0/s1. The third kappa shape index (κ3) is 2.85. The van der Waals surface area contributed by atoms with Crippen molar-refractivity contribution in [2.75, 3.05) is 13.2 Å². The molecule has 1 saturated heterocycles. The number of nitrogens with one attached hydrogen (secondary N) is 1. The lowest BCUT2D eigenvalue weighted by Gasteiger charge is -2.12. The number of halogens is 2. The molecular formula is C11H13F2NO3S. The second kappa shape index (κ2) is 5.29. The molecule has 1 aromatic carbocycles. The lowest BCUT2D eigenvalue weighted by atomic mass is 10.2. The molecule has 1 aliphatic rings. The van der Waals surface area contributed by atoms with Gasteiger partial charge in [0.2, 0.25) is 10.0 Å². The number of hydrogen-bond donors (Lipinski definition) is 1. The molecule has 1 fully saturated rings. The quantitative estimate of drug-likeness (QED) is 0.905. The fourth-order valence-corrected chi connectivity index (χ4v) is 3.02. The fourth-order valence-electron chi connectivity index (χ4n) is 1.82. The van der Waals surface area contributed by atoms with E-state index in [4.69, 9.17) is 4.74 Å². The van der Waals surface area contributed by atoms with Crippen molar-refractivity contribution in [2.45, 2.75) is 23.8 Å². The summed E-state index contributed by atoms with van der Waals surface area (Å²) >= 11 is 0. The maximum absolute atomic E-state index is 13.4. The molecule has 1 aromatic rings. The Bertz CT molecular complexity index is 507. The zero-order valence-electron chi connectivity index (χ0n) is 9.53. The van der Waals surface area contributed by atoms with E-state index in [2.05, 4.69) is 4.72 Å². The van der Waals surface area contributed by atoms with Crippen molar-refractivity contribution in [3.8, 4) is 0 Å². The maximum Gasteiger partial charge on any atom is 0.246 e. The Balaban J connectivity index is 2.15. The minimum absolute atomic E-state index is 0.0239. The summed E-state index contributed by atoms with van der Waals surface area (Å²) in [5.41, 5.74) is 0. The first-order valence-electron chi connectivity index (χ1n) is 5.56. The summed E-state index contributed by atoms with van der Waals surface area (Å²) in [4.78, 5) is -0.942. The second-order valence-corrected chi connectivity index (χ2v) is 5.74. The highest BCUT2D eigenvalue weighted by molar-refractivity contribution is 7.89. The van der Waals surface area contributed by atoms with Gasteiger partial charge in [0, 0.05) is 13.2 Å². The van der Waals surface area contributed by atoms with Crippen LogP contribution in [0.2, 0.25) is 0 Å². The molecule has 0 spiro atoms. The molecule has 0 unspecified atom stereocenters. The normalized spacial score (nSPS) is 20.2. The second-order valence-electron chi connectivity index (χ2n) is 4.04. The first kappa shape index (κ1) is 13.4. The van der Waals surface area contributed by atoms with Gasteiger partial charge in [-0.25, -0.2) is 21.9 Å². The van der Waals surface area contributed by atoms with E-state index in [9.17, 15) is 17.2 Å². The van der Waals surface area contributed by atoms with Crippen molar-refractivity contribution in [1.29, 1.82) is 0 Å². The van der Waals surface area contributed by atoms with Crippen LogP contribution >= 0.6 is 0 Å². The monoisotopic (exact) mass is 277 g/mol. The zero-order chi connectivity index (χ0) is 13.2. The fraction of sp³-hybridized carbons (Fsp3) is 0.455. The van der Waals surface area contributed by atoms with Crippen LogP contribution in [-0.2, 0) is 14.8 Å². The highest BCUT2D eigenvalue weighted by Crippen LogP contribution is 2.18. The van der Waals surface area contributed by atoms with Gasteiger partial charge in [-0.05, 0) is 25.0 Å². The highest BCUT2D eigenvalue weighted by Gasteiger charge is 2.25. The van der Waals surface area contributed by atoms with E-state index in [1.807, 2.05) is 0 Å². The van der Waals surface area contributed by atoms with Crippen molar-refractivity contribution in [2.24, 2.45) is 0 Å². The van der Waals surface area contributed by atoms with Gasteiger partial charge in [-0.1, -0.05) is 6.07 Å². The molecule has 0 radical (unpaired) electrons. The van der Waals surface area contributed by atoms with Crippen LogP contribution in [0.25, 0.3) is 0 Å². The Hall–Kier alpha value is -1.05. The van der Waals surface area contributed by atoms with E-state index in [0.29, 0.717) is 6.61 Å². The van der Waals surface area contributed by atoms with Crippen LogP contribution < -0.4 is 4.72 Å². The summed E-state index contributed by atoms with van der Waals surface area (Å²) in [5, 5.41) is 0. The average molecular weight is 277 g/mol. The first-order valence-corrected chi connectivity index (χ1v) is 7.04. The SMILES string of the molecule is O=S(=O)(NC[C@@H]1CCCO1)c1c(F)cccc1F. The van der Waals surface area contributed by atoms with Crippen LogP contribution in [0.3, 0.4) is 0 Å². The van der Waals surface area contributed by atoms with Gasteiger partial charge in [-0.2, -0.15) is 0 Å². The molecule has 18 heavy (non-hydrogen) atoms. The van der Waals surface area contributed by atoms with E-state index in [1.54, 1.807) is 0 Å². The largest absolute Gasteiger partial charge is 0.377 e. The Morgan fingerprint density at radius 1 is 1.33 bits per heavy atom. The molecule has 0 amide bonds. The third-order valence-electron chi connectivity index (χ3n) is 2.71. The van der Waals surface area contributed by atoms with Crippen LogP contribution in [0, 0.1) is 11.6 Å². The molecule has 4 nitrogen and oxygen atoms in total. The van der Waals surface area contributed by atoms with Crippen molar-refractivity contribution in [3.05, 3.63) is 29.8 Å². The number of sulfonamides is 1. The van der Waals surface area contributed by atoms with Crippen LogP contribution in [0.1, 0.15) is 12.8 Å². The molecule has 100 valence electrons. The molecule has 2 rings (SSSR count). The summed E-state index contributed by atoms with van der Waals surface area (Å²) < 4.78 is 57.7. The molecule has 0 saturated carbocycles. The van der Waals surface area contributed by atoms with Gasteiger partial charge in [-0.15, -0.1) is 0 Å². The Kier molecular flexibility index (Phi) is 3.94. The lowest BCUT2D eigenvalue weighted by Crippen LogP contribution is -2.32. The van der Waals surface area contributed by atoms with Gasteiger partial charge in [0.25, 0.3) is 0 Å². The van der Waals surface area contributed by atoms with E-state index >= 15 is 0 Å². The number of hydrogen-bond acceptors (Lipinski definition) is 3. The predicted molar refractivity (Wildman–Crippen MR) is 60.5 cm³/mol. The van der Waals surface area contributed by atoms with E-state index < -0.39 is 26.6 Å². The highest BCUT2D eigenvalue weighted by atomic mass is 32.2. The molecule has 0 bridgehead atoms. The molecule has 1 atom stereocenters. The molecule has 0 aromatic heterocycles. The van der Waals surface area contributed by atoms with Crippen molar-refractivity contribution in [3.63, 3.8) is 0 Å². The van der Waals surface area contributed by atoms with Crippen LogP contribution in [-0.4, -0.2) is 27.7 Å². The molecular weight excluding hydrogens is 264 g/mol. The van der Waals surface area contributed by atoms with Crippen molar-refractivity contribution in [1.82, 2.24) is 4.72 Å². The van der Waals surface area contributed by atoms with Gasteiger partial charge in [0.05, 0.1) is 6.10 Å². The summed E-state index contributed by atoms with van der Waals surface area (Å²) in [5.74, 6) is -2.20. The van der Waals surface area contributed by atoms with Crippen molar-refractivity contribution >= 4 is 10.0 Å². The van der Waals surface area contributed by atoms with E-state index in [0.717, 1.165) is 31.0 Å². The Morgan fingerprint density at radius 3 is 2.56 bits per heavy atom. The van der Waals surface area contributed by atoms with Gasteiger partial charge in [0.15, 0.2) is 4.90 Å². The molecule has 1 heterocycles. The number of ether oxygens (including phenoxy) is 1. The number of benzene rings is 1. The molecule has 1 aliphatic heterocycles. The average Bonchev–Trinajstić information content (AvgIpc) is 2.78. The Labute approximate surface area is 104 Å². The minimum Gasteiger partial charge on any atom is -0.377 e. The van der Waals surface area contributed by atoms with Crippen LogP contribution in [0.4, 0.5) is 8.78 Å². The number of rotatable bonds is 4. The summed E-state index contributed by atoms with van der Waals surface area (Å²) in [7, 11) is -4.19. The lowest BCUT2D eigenvalue weighted by molar-refractivity contribution is 0.114. The molecule has 7 heteroatoms. The third-order valence-corrected chi connectivity index (χ3v) is 4.19. The zero-order valence-corrected chi connectivity index (χ0v) is 10.3. The Morgan fingerprint density at radius 2 is 2.00 bits per heavy atom. The van der Waals surface area contributed by atoms with E-state index in [-0.39, 0.29) is 12.6 Å². The summed E-state index contributed by atoms with van der Waals surface area (Å²) in [6, 6.07) is 2.93. The smallest absolute Gasteiger partial charge is 0.246 e. The maximum atomic E-state index is 13.4. The van der Waals surface area contributed by atoms with Crippen LogP contribution in [0.15, 0.2) is 23.1 Å². The predicted octanol–water partition coefficient (Wildman–Crippen LogP) is 1.42. The molecule has 0 aliphatic carbocycles. The van der Waals surface area contributed by atoms with Gasteiger partial charge in [0.1, 0.15) is 11.6 Å². The minimum atomic E-state index is -4.19. The van der Waals surface area contributed by atoms with Crippen molar-refractivity contribution < 1.29 is 21.9 Å². The topological polar surface area (TPSA) is 55.4 Å². The summed E-state index contributed by atoms with van der Waals surface area (Å²) in [6.07, 6.45) is 1.37. The van der Waals surface area contributed by atoms with Gasteiger partial charge in [-0.3, -0.25) is 0 Å². The van der Waals surface area contributed by atoms with Gasteiger partial charge < -0.3 is 4.74 Å². The van der Waals surface area contributed by atoms with Gasteiger partial charge >= 0.3 is 0 Å².